The molecule has 5 nitrogen and oxygen atoms in total. The molecule has 6 heteroatoms. The van der Waals surface area contributed by atoms with Gasteiger partial charge in [0.1, 0.15) is 18.0 Å². The van der Waals surface area contributed by atoms with E-state index in [0.717, 1.165) is 16.8 Å². The van der Waals surface area contributed by atoms with Crippen LogP contribution in [0, 0.1) is 6.92 Å². The van der Waals surface area contributed by atoms with Crippen LogP contribution in [-0.4, -0.2) is 49.8 Å². The summed E-state index contributed by atoms with van der Waals surface area (Å²) < 4.78 is 5.80. The number of rotatable bonds is 3. The maximum atomic E-state index is 10.0. The number of ether oxygens (including phenoxy) is 1. The Morgan fingerprint density at radius 2 is 1.96 bits per heavy atom. The van der Waals surface area contributed by atoms with Gasteiger partial charge in [0, 0.05) is 17.5 Å². The first-order chi connectivity index (χ1) is 11.1. The van der Waals surface area contributed by atoms with Gasteiger partial charge < -0.3 is 20.1 Å². The van der Waals surface area contributed by atoms with Gasteiger partial charge in [-0.05, 0) is 30.7 Å². The second-order valence-corrected chi connectivity index (χ2v) is 6.70. The Labute approximate surface area is 139 Å². The zero-order chi connectivity index (χ0) is 16.4. The van der Waals surface area contributed by atoms with Crippen molar-refractivity contribution in [1.82, 2.24) is 4.98 Å². The van der Waals surface area contributed by atoms with Gasteiger partial charge in [0.15, 0.2) is 5.44 Å². The maximum absolute atomic E-state index is 10.0. The summed E-state index contributed by atoms with van der Waals surface area (Å²) in [4.78, 5) is 4.39. The normalized spacial score (nSPS) is 27.7. The van der Waals surface area contributed by atoms with E-state index in [2.05, 4.69) is 4.98 Å². The predicted molar refractivity (Wildman–Crippen MR) is 89.3 cm³/mol. The molecule has 1 aliphatic rings. The lowest BCUT2D eigenvalue weighted by atomic mass is 10.1. The molecule has 1 fully saturated rings. The average molecular weight is 333 g/mol. The number of hydrogen-bond donors (Lipinski definition) is 3. The van der Waals surface area contributed by atoms with Crippen LogP contribution in [0.5, 0.6) is 5.75 Å². The van der Waals surface area contributed by atoms with Crippen molar-refractivity contribution >= 4 is 11.8 Å². The van der Waals surface area contributed by atoms with Crippen LogP contribution in [0.1, 0.15) is 5.56 Å². The monoisotopic (exact) mass is 333 g/mol. The van der Waals surface area contributed by atoms with E-state index in [9.17, 15) is 15.3 Å². The largest absolute Gasteiger partial charge is 0.477 e. The van der Waals surface area contributed by atoms with Crippen molar-refractivity contribution in [2.75, 3.05) is 5.75 Å². The van der Waals surface area contributed by atoms with Crippen LogP contribution in [-0.2, 0) is 0 Å². The highest BCUT2D eigenvalue weighted by Crippen LogP contribution is 2.31. The summed E-state index contributed by atoms with van der Waals surface area (Å²) in [5.74, 6) is 0.912. The standard InChI is InChI=1S/C17H19NO4S/c1-10-4-3-7-18-14(10)11-5-2-6-12(8-11)22-17-16(21)15(20)13(19)9-23-17/h2-8,13,15-17,19-21H,9H2,1H3/t13-,15+,16-,17-/m1/s1. The van der Waals surface area contributed by atoms with E-state index < -0.39 is 23.7 Å². The molecule has 23 heavy (non-hydrogen) atoms. The molecule has 0 saturated carbocycles. The minimum Gasteiger partial charge on any atom is -0.477 e. The number of hydrogen-bond acceptors (Lipinski definition) is 6. The first kappa shape index (κ1) is 16.3. The molecule has 3 N–H and O–H groups in total. The van der Waals surface area contributed by atoms with Gasteiger partial charge in [-0.3, -0.25) is 4.98 Å². The number of thioether (sulfide) groups is 1. The Morgan fingerprint density at radius 3 is 2.74 bits per heavy atom. The number of pyridine rings is 1. The topological polar surface area (TPSA) is 82.8 Å². The Hall–Kier alpha value is -1.60. The number of aryl methyl sites for hydroxylation is 1. The van der Waals surface area contributed by atoms with Crippen LogP contribution < -0.4 is 4.74 Å². The minimum absolute atomic E-state index is 0.321. The van der Waals surface area contributed by atoms with Crippen LogP contribution >= 0.6 is 11.8 Å². The number of aliphatic hydroxyl groups is 3. The molecule has 0 unspecified atom stereocenters. The molecule has 4 atom stereocenters. The van der Waals surface area contributed by atoms with Gasteiger partial charge in [-0.2, -0.15) is 0 Å². The van der Waals surface area contributed by atoms with Crippen molar-refractivity contribution in [2.24, 2.45) is 0 Å². The highest BCUT2D eigenvalue weighted by molar-refractivity contribution is 7.99. The van der Waals surface area contributed by atoms with Crippen molar-refractivity contribution in [3.8, 4) is 17.0 Å². The Morgan fingerprint density at radius 1 is 1.13 bits per heavy atom. The lowest BCUT2D eigenvalue weighted by Crippen LogP contribution is -2.50. The van der Waals surface area contributed by atoms with E-state index in [0.29, 0.717) is 11.5 Å². The van der Waals surface area contributed by atoms with Gasteiger partial charge in [-0.25, -0.2) is 0 Å². The smallest absolute Gasteiger partial charge is 0.173 e. The SMILES string of the molecule is Cc1cccnc1-c1cccc(O[C@@H]2SC[C@@H](O)[C@H](O)[C@H]2O)c1. The van der Waals surface area contributed by atoms with E-state index >= 15 is 0 Å². The van der Waals surface area contributed by atoms with Crippen molar-refractivity contribution in [1.29, 1.82) is 0 Å². The Balaban J connectivity index is 1.80. The summed E-state index contributed by atoms with van der Waals surface area (Å²) in [6, 6.07) is 11.4. The van der Waals surface area contributed by atoms with Crippen molar-refractivity contribution in [3.05, 3.63) is 48.2 Å². The molecular formula is C17H19NO4S. The van der Waals surface area contributed by atoms with Crippen LogP contribution in [0.2, 0.25) is 0 Å². The molecule has 2 heterocycles. The summed E-state index contributed by atoms with van der Waals surface area (Å²) in [6.07, 6.45) is -1.52. The van der Waals surface area contributed by atoms with Crippen molar-refractivity contribution in [3.63, 3.8) is 0 Å². The van der Waals surface area contributed by atoms with Crippen molar-refractivity contribution in [2.45, 2.75) is 30.7 Å². The van der Waals surface area contributed by atoms with Gasteiger partial charge >= 0.3 is 0 Å². The quantitative estimate of drug-likeness (QED) is 0.791. The zero-order valence-corrected chi connectivity index (χ0v) is 13.5. The van der Waals surface area contributed by atoms with Crippen LogP contribution in [0.4, 0.5) is 0 Å². The summed E-state index contributed by atoms with van der Waals surface area (Å²) in [5, 5.41) is 29.4. The third kappa shape index (κ3) is 3.50. The second kappa shape index (κ2) is 6.88. The molecule has 3 rings (SSSR count). The number of aliphatic hydroxyl groups excluding tert-OH is 3. The molecule has 0 radical (unpaired) electrons. The van der Waals surface area contributed by atoms with E-state index in [1.165, 1.54) is 11.8 Å². The van der Waals surface area contributed by atoms with E-state index in [4.69, 9.17) is 4.74 Å². The Kier molecular flexibility index (Phi) is 4.87. The summed E-state index contributed by atoms with van der Waals surface area (Å²) in [6.45, 7) is 1.99. The molecule has 0 spiro atoms. The van der Waals surface area contributed by atoms with E-state index in [-0.39, 0.29) is 0 Å². The predicted octanol–water partition coefficient (Wildman–Crippen LogP) is 1.59. The number of nitrogens with zero attached hydrogens (tertiary/aromatic N) is 1. The van der Waals surface area contributed by atoms with Crippen LogP contribution in [0.3, 0.4) is 0 Å². The van der Waals surface area contributed by atoms with E-state index in [1.807, 2.05) is 37.3 Å². The van der Waals surface area contributed by atoms with Gasteiger partial charge in [-0.15, -0.1) is 11.8 Å². The second-order valence-electron chi connectivity index (χ2n) is 5.56. The van der Waals surface area contributed by atoms with Gasteiger partial charge in [0.05, 0.1) is 11.8 Å². The summed E-state index contributed by atoms with van der Waals surface area (Å²) in [5.41, 5.74) is 2.26. The average Bonchev–Trinajstić information content (AvgIpc) is 2.56. The number of aromatic nitrogens is 1. The summed E-state index contributed by atoms with van der Waals surface area (Å²) in [7, 11) is 0. The molecule has 1 aliphatic heterocycles. The molecule has 1 aromatic heterocycles. The highest BCUT2D eigenvalue weighted by atomic mass is 32.2. The molecule has 0 aliphatic carbocycles. The van der Waals surface area contributed by atoms with Gasteiger partial charge in [0.25, 0.3) is 0 Å². The lowest BCUT2D eigenvalue weighted by Gasteiger charge is -2.34. The first-order valence-corrected chi connectivity index (χ1v) is 8.45. The molecule has 1 saturated heterocycles. The molecule has 0 amide bonds. The first-order valence-electron chi connectivity index (χ1n) is 7.41. The maximum Gasteiger partial charge on any atom is 0.173 e. The molecular weight excluding hydrogens is 314 g/mol. The molecule has 2 aromatic rings. The fraction of sp³-hybridized carbons (Fsp3) is 0.353. The lowest BCUT2D eigenvalue weighted by molar-refractivity contribution is -0.0786. The minimum atomic E-state index is -1.19. The van der Waals surface area contributed by atoms with Crippen LogP contribution in [0.15, 0.2) is 42.6 Å². The van der Waals surface area contributed by atoms with E-state index in [1.54, 1.807) is 12.3 Å². The van der Waals surface area contributed by atoms with Gasteiger partial charge in [-0.1, -0.05) is 18.2 Å². The Bertz CT molecular complexity index is 681. The van der Waals surface area contributed by atoms with Crippen LogP contribution in [0.25, 0.3) is 11.3 Å². The van der Waals surface area contributed by atoms with Gasteiger partial charge in [0.2, 0.25) is 0 Å². The molecule has 1 aromatic carbocycles. The third-order valence-corrected chi connectivity index (χ3v) is 5.06. The molecule has 122 valence electrons. The zero-order valence-electron chi connectivity index (χ0n) is 12.7. The summed E-state index contributed by atoms with van der Waals surface area (Å²) >= 11 is 1.28. The third-order valence-electron chi connectivity index (χ3n) is 3.82. The fourth-order valence-corrected chi connectivity index (χ4v) is 3.64. The van der Waals surface area contributed by atoms with Crippen molar-refractivity contribution < 1.29 is 20.1 Å². The highest BCUT2D eigenvalue weighted by Gasteiger charge is 2.38. The number of benzene rings is 1. The fourth-order valence-electron chi connectivity index (χ4n) is 2.52. The molecule has 0 bridgehead atoms.